The molecule has 0 saturated carbocycles. The molecule has 0 bridgehead atoms. The third-order valence-corrected chi connectivity index (χ3v) is 3.87. The van der Waals surface area contributed by atoms with E-state index in [4.69, 9.17) is 16.3 Å². The normalized spacial score (nSPS) is 21.1. The first-order valence-corrected chi connectivity index (χ1v) is 7.54. The Morgan fingerprint density at radius 2 is 2.33 bits per heavy atom. The summed E-state index contributed by atoms with van der Waals surface area (Å²) in [6, 6.07) is 3.40. The Balaban J connectivity index is 1.98. The van der Waals surface area contributed by atoms with Gasteiger partial charge in [0.1, 0.15) is 5.82 Å². The maximum atomic E-state index is 12.5. The molecule has 1 saturated heterocycles. The first-order chi connectivity index (χ1) is 10.1. The predicted octanol–water partition coefficient (Wildman–Crippen LogP) is 2.98. The molecule has 114 valence electrons. The lowest BCUT2D eigenvalue weighted by atomic mass is 9.89. The van der Waals surface area contributed by atoms with E-state index in [1.54, 1.807) is 12.1 Å². The summed E-state index contributed by atoms with van der Waals surface area (Å²) in [6.45, 7) is 2.14. The highest BCUT2D eigenvalue weighted by molar-refractivity contribution is 6.30. The lowest BCUT2D eigenvalue weighted by molar-refractivity contribution is -0.157. The van der Waals surface area contributed by atoms with Crippen molar-refractivity contribution in [1.29, 1.82) is 0 Å². The van der Waals surface area contributed by atoms with Crippen LogP contribution in [-0.4, -0.2) is 28.9 Å². The van der Waals surface area contributed by atoms with Crippen molar-refractivity contribution in [3.05, 3.63) is 23.4 Å². The molecule has 21 heavy (non-hydrogen) atoms. The van der Waals surface area contributed by atoms with Crippen molar-refractivity contribution >= 4 is 29.2 Å². The number of halogens is 1. The van der Waals surface area contributed by atoms with Crippen LogP contribution in [0.4, 0.5) is 5.82 Å². The van der Waals surface area contributed by atoms with E-state index in [0.717, 1.165) is 12.8 Å². The minimum Gasteiger partial charge on any atom is -0.451 e. The van der Waals surface area contributed by atoms with Crippen molar-refractivity contribution in [2.75, 3.05) is 11.9 Å². The van der Waals surface area contributed by atoms with E-state index < -0.39 is 5.60 Å². The van der Waals surface area contributed by atoms with Crippen molar-refractivity contribution in [3.63, 3.8) is 0 Å². The molecule has 1 N–H and O–H groups in total. The number of ether oxygens (including phenoxy) is 1. The summed E-state index contributed by atoms with van der Waals surface area (Å²) in [7, 11) is 0. The van der Waals surface area contributed by atoms with Gasteiger partial charge >= 0.3 is 5.97 Å². The Labute approximate surface area is 129 Å². The van der Waals surface area contributed by atoms with Gasteiger partial charge < -0.3 is 10.1 Å². The summed E-state index contributed by atoms with van der Waals surface area (Å²) in [5, 5.41) is 3.49. The van der Waals surface area contributed by atoms with E-state index in [0.29, 0.717) is 30.1 Å². The van der Waals surface area contributed by atoms with Gasteiger partial charge in [-0.15, -0.1) is 0 Å². The van der Waals surface area contributed by atoms with E-state index in [1.165, 1.54) is 6.20 Å². The fraction of sp³-hybridized carbons (Fsp3) is 0.533. The maximum Gasteiger partial charge on any atom is 0.306 e. The van der Waals surface area contributed by atoms with Crippen LogP contribution in [0.15, 0.2) is 18.3 Å². The van der Waals surface area contributed by atoms with Gasteiger partial charge in [-0.1, -0.05) is 24.9 Å². The number of Topliss-reactive ketones (excluding diaryl/α,β-unsaturated/α-hetero) is 1. The van der Waals surface area contributed by atoms with Crippen LogP contribution >= 0.6 is 11.6 Å². The fourth-order valence-corrected chi connectivity index (χ4v) is 2.52. The second-order valence-electron chi connectivity index (χ2n) is 5.21. The summed E-state index contributed by atoms with van der Waals surface area (Å²) in [5.74, 6) is 0.185. The number of cyclic esters (lactones) is 1. The zero-order chi connectivity index (χ0) is 15.3. The van der Waals surface area contributed by atoms with Gasteiger partial charge in [0, 0.05) is 19.0 Å². The Kier molecular flexibility index (Phi) is 5.17. The molecule has 1 fully saturated rings. The molecule has 0 amide bonds. The first-order valence-electron chi connectivity index (χ1n) is 7.16. The highest BCUT2D eigenvalue weighted by atomic mass is 35.5. The fourth-order valence-electron chi connectivity index (χ4n) is 2.41. The van der Waals surface area contributed by atoms with Crippen molar-refractivity contribution in [2.45, 2.75) is 44.6 Å². The van der Waals surface area contributed by atoms with Crippen molar-refractivity contribution in [3.8, 4) is 0 Å². The molecule has 1 atom stereocenters. The molecule has 1 aromatic rings. The summed E-state index contributed by atoms with van der Waals surface area (Å²) in [6.07, 6.45) is 4.70. The molecule has 5 nitrogen and oxygen atoms in total. The summed E-state index contributed by atoms with van der Waals surface area (Å²) >= 11 is 5.76. The molecule has 6 heteroatoms. The Morgan fingerprint density at radius 3 is 2.90 bits per heavy atom. The van der Waals surface area contributed by atoms with Crippen LogP contribution in [0.1, 0.15) is 39.0 Å². The molecule has 2 rings (SSSR count). The van der Waals surface area contributed by atoms with Crippen LogP contribution in [0.2, 0.25) is 5.02 Å². The molecular formula is C15H19ClN2O3. The standard InChI is InChI=1S/C15H19ClN2O3/c1-2-3-7-15(8-6-14(20)21-15)12(19)10-18-13-5-4-11(16)9-17-13/h4-5,9H,2-3,6-8,10H2,1H3,(H,17,18). The number of anilines is 1. The minimum absolute atomic E-state index is 0.0889. The number of rotatable bonds is 7. The summed E-state index contributed by atoms with van der Waals surface area (Å²) in [4.78, 5) is 28.0. The number of esters is 1. The van der Waals surface area contributed by atoms with Crippen LogP contribution in [0.5, 0.6) is 0 Å². The second-order valence-corrected chi connectivity index (χ2v) is 5.65. The smallest absolute Gasteiger partial charge is 0.306 e. The molecule has 1 aliphatic heterocycles. The molecule has 1 aromatic heterocycles. The van der Waals surface area contributed by atoms with Gasteiger partial charge in [-0.25, -0.2) is 4.98 Å². The van der Waals surface area contributed by atoms with Gasteiger partial charge in [0.05, 0.1) is 11.6 Å². The number of hydrogen-bond donors (Lipinski definition) is 1. The Bertz CT molecular complexity index is 518. The number of carbonyl (C=O) groups is 2. The number of hydrogen-bond acceptors (Lipinski definition) is 5. The molecule has 0 radical (unpaired) electrons. The lowest BCUT2D eigenvalue weighted by Gasteiger charge is -2.26. The van der Waals surface area contributed by atoms with E-state index in [9.17, 15) is 9.59 Å². The van der Waals surface area contributed by atoms with E-state index in [2.05, 4.69) is 10.3 Å². The average molecular weight is 311 g/mol. The molecular weight excluding hydrogens is 292 g/mol. The molecule has 0 aliphatic carbocycles. The number of pyridine rings is 1. The van der Waals surface area contributed by atoms with Gasteiger partial charge in [-0.05, 0) is 25.0 Å². The highest BCUT2D eigenvalue weighted by Crippen LogP contribution is 2.32. The first kappa shape index (κ1) is 15.8. The molecule has 2 heterocycles. The van der Waals surface area contributed by atoms with Crippen molar-refractivity contribution < 1.29 is 14.3 Å². The van der Waals surface area contributed by atoms with Gasteiger partial charge in [0.25, 0.3) is 0 Å². The topological polar surface area (TPSA) is 68.3 Å². The number of nitrogens with zero attached hydrogens (tertiary/aromatic N) is 1. The van der Waals surface area contributed by atoms with Gasteiger partial charge in [-0.3, -0.25) is 9.59 Å². The molecule has 1 unspecified atom stereocenters. The summed E-state index contributed by atoms with van der Waals surface area (Å²) in [5.41, 5.74) is -0.952. The van der Waals surface area contributed by atoms with Crippen LogP contribution in [-0.2, 0) is 14.3 Å². The van der Waals surface area contributed by atoms with Crippen molar-refractivity contribution in [1.82, 2.24) is 4.98 Å². The number of unbranched alkanes of at least 4 members (excludes halogenated alkanes) is 1. The Hall–Kier alpha value is -1.62. The third kappa shape index (κ3) is 3.94. The summed E-state index contributed by atoms with van der Waals surface area (Å²) < 4.78 is 5.35. The number of ketones is 1. The minimum atomic E-state index is -0.952. The van der Waals surface area contributed by atoms with Crippen LogP contribution in [0, 0.1) is 0 Å². The highest BCUT2D eigenvalue weighted by Gasteiger charge is 2.45. The lowest BCUT2D eigenvalue weighted by Crippen LogP contribution is -2.42. The second kappa shape index (κ2) is 6.89. The number of aromatic nitrogens is 1. The van der Waals surface area contributed by atoms with E-state index in [-0.39, 0.29) is 18.3 Å². The van der Waals surface area contributed by atoms with E-state index >= 15 is 0 Å². The molecule has 0 spiro atoms. The quantitative estimate of drug-likeness (QED) is 0.784. The molecule has 1 aliphatic rings. The van der Waals surface area contributed by atoms with E-state index in [1.807, 2.05) is 6.92 Å². The zero-order valence-corrected chi connectivity index (χ0v) is 12.8. The third-order valence-electron chi connectivity index (χ3n) is 3.64. The van der Waals surface area contributed by atoms with Gasteiger partial charge in [0.15, 0.2) is 11.4 Å². The number of nitrogens with one attached hydrogen (secondary N) is 1. The van der Waals surface area contributed by atoms with Gasteiger partial charge in [-0.2, -0.15) is 0 Å². The monoisotopic (exact) mass is 310 g/mol. The van der Waals surface area contributed by atoms with Crippen molar-refractivity contribution in [2.24, 2.45) is 0 Å². The zero-order valence-electron chi connectivity index (χ0n) is 12.0. The maximum absolute atomic E-state index is 12.5. The predicted molar refractivity (Wildman–Crippen MR) is 80.3 cm³/mol. The largest absolute Gasteiger partial charge is 0.451 e. The molecule has 0 aromatic carbocycles. The SMILES string of the molecule is CCCCC1(C(=O)CNc2ccc(Cl)cn2)CCC(=O)O1. The van der Waals surface area contributed by atoms with Crippen LogP contribution in [0.25, 0.3) is 0 Å². The van der Waals surface area contributed by atoms with Gasteiger partial charge in [0.2, 0.25) is 0 Å². The van der Waals surface area contributed by atoms with Crippen LogP contribution < -0.4 is 5.32 Å². The average Bonchev–Trinajstić information content (AvgIpc) is 2.87. The number of carbonyl (C=O) groups excluding carboxylic acids is 2. The Morgan fingerprint density at radius 1 is 1.52 bits per heavy atom. The van der Waals surface area contributed by atoms with Crippen LogP contribution in [0.3, 0.4) is 0 Å².